The molecular formula is C18H36. The first-order valence-electron chi connectivity index (χ1n) is 8.83. The van der Waals surface area contributed by atoms with Crippen molar-refractivity contribution in [3.05, 3.63) is 0 Å². The lowest BCUT2D eigenvalue weighted by atomic mass is 9.83. The summed E-state index contributed by atoms with van der Waals surface area (Å²) in [5.41, 5.74) is 0. The van der Waals surface area contributed by atoms with E-state index in [4.69, 9.17) is 0 Å². The Bertz CT molecular complexity index is 165. The molecule has 108 valence electrons. The van der Waals surface area contributed by atoms with Gasteiger partial charge in [-0.1, -0.05) is 97.3 Å². The number of hydrogen-bond acceptors (Lipinski definition) is 0. The minimum Gasteiger partial charge on any atom is -0.0654 e. The number of rotatable bonds is 8. The molecule has 1 fully saturated rings. The van der Waals surface area contributed by atoms with Crippen molar-refractivity contribution in [3.8, 4) is 0 Å². The molecule has 1 rings (SSSR count). The van der Waals surface area contributed by atoms with Crippen LogP contribution in [0.4, 0.5) is 0 Å². The van der Waals surface area contributed by atoms with Gasteiger partial charge in [-0.05, 0) is 18.3 Å². The summed E-state index contributed by atoms with van der Waals surface area (Å²) >= 11 is 0. The van der Waals surface area contributed by atoms with Crippen molar-refractivity contribution in [1.29, 1.82) is 0 Å². The van der Waals surface area contributed by atoms with E-state index in [1.807, 2.05) is 0 Å². The molecule has 0 amide bonds. The van der Waals surface area contributed by atoms with Crippen molar-refractivity contribution in [2.24, 2.45) is 11.8 Å². The van der Waals surface area contributed by atoms with Crippen LogP contribution in [0.3, 0.4) is 0 Å². The SMILES string of the molecule is CCCCCCCC(C)CC1CCCCCCC1. The topological polar surface area (TPSA) is 0 Å². The summed E-state index contributed by atoms with van der Waals surface area (Å²) in [5, 5.41) is 0. The summed E-state index contributed by atoms with van der Waals surface area (Å²) in [6.45, 7) is 4.80. The first-order valence-corrected chi connectivity index (χ1v) is 8.83. The summed E-state index contributed by atoms with van der Waals surface area (Å²) in [6.07, 6.45) is 20.8. The lowest BCUT2D eigenvalue weighted by molar-refractivity contribution is 0.301. The van der Waals surface area contributed by atoms with Crippen molar-refractivity contribution < 1.29 is 0 Å². The van der Waals surface area contributed by atoms with Crippen molar-refractivity contribution in [1.82, 2.24) is 0 Å². The van der Waals surface area contributed by atoms with Crippen molar-refractivity contribution >= 4 is 0 Å². The molecule has 0 spiro atoms. The largest absolute Gasteiger partial charge is 0.0654 e. The van der Waals surface area contributed by atoms with E-state index in [-0.39, 0.29) is 0 Å². The van der Waals surface area contributed by atoms with Crippen LogP contribution in [0.25, 0.3) is 0 Å². The minimum absolute atomic E-state index is 0.982. The average Bonchev–Trinajstić information content (AvgIpc) is 2.32. The minimum atomic E-state index is 0.982. The Morgan fingerprint density at radius 3 is 2.11 bits per heavy atom. The van der Waals surface area contributed by atoms with Crippen molar-refractivity contribution in [2.75, 3.05) is 0 Å². The predicted molar refractivity (Wildman–Crippen MR) is 83.0 cm³/mol. The Labute approximate surface area is 116 Å². The zero-order valence-electron chi connectivity index (χ0n) is 13.1. The molecule has 0 aromatic rings. The quantitative estimate of drug-likeness (QED) is 0.420. The zero-order valence-corrected chi connectivity index (χ0v) is 13.1. The molecule has 0 aromatic heterocycles. The molecule has 0 aromatic carbocycles. The molecule has 1 aliphatic rings. The van der Waals surface area contributed by atoms with E-state index in [0.717, 1.165) is 11.8 Å². The van der Waals surface area contributed by atoms with E-state index in [1.165, 1.54) is 89.9 Å². The molecule has 18 heavy (non-hydrogen) atoms. The highest BCUT2D eigenvalue weighted by atomic mass is 14.2. The van der Waals surface area contributed by atoms with Crippen molar-refractivity contribution in [2.45, 2.75) is 104 Å². The lowest BCUT2D eigenvalue weighted by Gasteiger charge is -2.23. The summed E-state index contributed by atoms with van der Waals surface area (Å²) in [6, 6.07) is 0. The molecule has 1 unspecified atom stereocenters. The summed E-state index contributed by atoms with van der Waals surface area (Å²) in [7, 11) is 0. The van der Waals surface area contributed by atoms with Crippen LogP contribution >= 0.6 is 0 Å². The molecule has 0 N–H and O–H groups in total. The molecule has 0 aliphatic heterocycles. The van der Waals surface area contributed by atoms with Crippen LogP contribution in [-0.2, 0) is 0 Å². The third-order valence-electron chi connectivity index (χ3n) is 4.76. The fourth-order valence-corrected chi connectivity index (χ4v) is 3.56. The Kier molecular flexibility index (Phi) is 9.70. The monoisotopic (exact) mass is 252 g/mol. The maximum absolute atomic E-state index is 2.50. The first-order chi connectivity index (χ1) is 8.83. The maximum Gasteiger partial charge on any atom is -0.0412 e. The molecule has 0 bridgehead atoms. The van der Waals surface area contributed by atoms with Crippen molar-refractivity contribution in [3.63, 3.8) is 0 Å². The van der Waals surface area contributed by atoms with Crippen LogP contribution in [0.1, 0.15) is 104 Å². The van der Waals surface area contributed by atoms with Gasteiger partial charge in [-0.25, -0.2) is 0 Å². The normalized spacial score (nSPS) is 20.3. The van der Waals surface area contributed by atoms with Gasteiger partial charge in [-0.3, -0.25) is 0 Å². The fraction of sp³-hybridized carbons (Fsp3) is 1.00. The average molecular weight is 252 g/mol. The summed E-state index contributed by atoms with van der Waals surface area (Å²) in [5.74, 6) is 2.05. The second-order valence-electron chi connectivity index (χ2n) is 6.75. The van der Waals surface area contributed by atoms with E-state index < -0.39 is 0 Å². The second kappa shape index (κ2) is 10.9. The summed E-state index contributed by atoms with van der Waals surface area (Å²) < 4.78 is 0. The molecule has 0 saturated heterocycles. The van der Waals surface area contributed by atoms with E-state index in [2.05, 4.69) is 13.8 Å². The van der Waals surface area contributed by atoms with Crippen LogP contribution in [0.2, 0.25) is 0 Å². The molecule has 0 heterocycles. The Hall–Kier alpha value is 0. The fourth-order valence-electron chi connectivity index (χ4n) is 3.56. The molecule has 0 radical (unpaired) electrons. The highest BCUT2D eigenvalue weighted by Gasteiger charge is 2.14. The Balaban J connectivity index is 2.04. The third kappa shape index (κ3) is 8.16. The highest BCUT2D eigenvalue weighted by Crippen LogP contribution is 2.29. The van der Waals surface area contributed by atoms with Gasteiger partial charge in [0, 0.05) is 0 Å². The van der Waals surface area contributed by atoms with E-state index in [1.54, 1.807) is 0 Å². The maximum atomic E-state index is 2.50. The molecule has 1 saturated carbocycles. The van der Waals surface area contributed by atoms with Gasteiger partial charge in [0.1, 0.15) is 0 Å². The van der Waals surface area contributed by atoms with Gasteiger partial charge in [-0.15, -0.1) is 0 Å². The molecular weight excluding hydrogens is 216 g/mol. The molecule has 1 aliphatic carbocycles. The van der Waals surface area contributed by atoms with Gasteiger partial charge in [0.05, 0.1) is 0 Å². The smallest absolute Gasteiger partial charge is 0.0412 e. The van der Waals surface area contributed by atoms with E-state index in [0.29, 0.717) is 0 Å². The molecule has 0 nitrogen and oxygen atoms in total. The third-order valence-corrected chi connectivity index (χ3v) is 4.76. The molecule has 1 atom stereocenters. The standard InChI is InChI=1S/C18H36/c1-3-4-5-7-10-13-17(2)16-18-14-11-8-6-9-12-15-18/h17-18H,3-16H2,1-2H3. The van der Waals surface area contributed by atoms with E-state index >= 15 is 0 Å². The molecule has 0 heteroatoms. The number of unbranched alkanes of at least 4 members (excludes halogenated alkanes) is 4. The van der Waals surface area contributed by atoms with Crippen LogP contribution in [0.5, 0.6) is 0 Å². The van der Waals surface area contributed by atoms with E-state index in [9.17, 15) is 0 Å². The van der Waals surface area contributed by atoms with Gasteiger partial charge < -0.3 is 0 Å². The van der Waals surface area contributed by atoms with Gasteiger partial charge in [0.2, 0.25) is 0 Å². The predicted octanol–water partition coefficient (Wildman–Crippen LogP) is 6.73. The Morgan fingerprint density at radius 1 is 0.833 bits per heavy atom. The number of hydrogen-bond donors (Lipinski definition) is 0. The highest BCUT2D eigenvalue weighted by molar-refractivity contribution is 4.67. The van der Waals surface area contributed by atoms with Crippen LogP contribution in [0, 0.1) is 11.8 Å². The van der Waals surface area contributed by atoms with Crippen LogP contribution in [0.15, 0.2) is 0 Å². The van der Waals surface area contributed by atoms with Crippen LogP contribution < -0.4 is 0 Å². The van der Waals surface area contributed by atoms with Gasteiger partial charge in [0.25, 0.3) is 0 Å². The summed E-state index contributed by atoms with van der Waals surface area (Å²) in [4.78, 5) is 0. The van der Waals surface area contributed by atoms with Gasteiger partial charge >= 0.3 is 0 Å². The van der Waals surface area contributed by atoms with Crippen LogP contribution in [-0.4, -0.2) is 0 Å². The van der Waals surface area contributed by atoms with Gasteiger partial charge in [-0.2, -0.15) is 0 Å². The Morgan fingerprint density at radius 2 is 1.44 bits per heavy atom. The first kappa shape index (κ1) is 16.1. The lowest BCUT2D eigenvalue weighted by Crippen LogP contribution is -2.09. The second-order valence-corrected chi connectivity index (χ2v) is 6.75. The zero-order chi connectivity index (χ0) is 13.1. The van der Waals surface area contributed by atoms with Gasteiger partial charge in [0.15, 0.2) is 0 Å².